The van der Waals surface area contributed by atoms with Gasteiger partial charge in [-0.05, 0) is 0 Å². The van der Waals surface area contributed by atoms with Gasteiger partial charge < -0.3 is 5.98 Å². The number of alkyl halides is 2. The molecule has 0 saturated heterocycles. The molecule has 6 heteroatoms. The minimum absolute atomic E-state index is 0. The summed E-state index contributed by atoms with van der Waals surface area (Å²) in [5.74, 6) is -3.23. The molecule has 1 unspecified atom stereocenters. The van der Waals surface area contributed by atoms with Crippen molar-refractivity contribution < 1.29 is 37.8 Å². The largest absolute Gasteiger partial charge is 1.00 e. The second kappa shape index (κ2) is 4.72. The van der Waals surface area contributed by atoms with Crippen molar-refractivity contribution in [3.8, 4) is 0 Å². The maximum Gasteiger partial charge on any atom is 1.00 e. The molecule has 0 aromatic heterocycles. The fraction of sp³-hybridized carbons (Fsp3) is 1.00. The number of hydrogen-bond donors (Lipinski definition) is 0. The Morgan fingerprint density at radius 1 is 1.71 bits per heavy atom. The van der Waals surface area contributed by atoms with Crippen LogP contribution in [0.4, 0.5) is 8.78 Å². The molecular weight excluding hydrogens is 121 g/mol. The Kier molecular flexibility index (Phi) is 7.10. The predicted octanol–water partition coefficient (Wildman–Crippen LogP) is -2.80. The number of halogens is 2. The Balaban J connectivity index is -0.000000125. The second-order valence-electron chi connectivity index (χ2n) is 0.521. The van der Waals surface area contributed by atoms with E-state index < -0.39 is 16.8 Å². The van der Waals surface area contributed by atoms with Gasteiger partial charge in [-0.2, -0.15) is 8.78 Å². The van der Waals surface area contributed by atoms with E-state index in [1.807, 2.05) is 0 Å². The second-order valence-corrected chi connectivity index (χ2v) is 1.40. The van der Waals surface area contributed by atoms with Crippen LogP contribution < -0.4 is 18.9 Å². The van der Waals surface area contributed by atoms with Crippen LogP contribution in [-0.2, 0) is 11.1 Å². The Bertz CT molecular complexity index is 71.1. The van der Waals surface area contributed by atoms with Crippen LogP contribution in [0.25, 0.3) is 0 Å². The molecule has 0 radical (unpaired) electrons. The quantitative estimate of drug-likeness (QED) is 0.279. The average Bonchev–Trinajstić information content (AvgIpc) is 1.36. The first-order valence-electron chi connectivity index (χ1n) is 1.01. The van der Waals surface area contributed by atoms with Gasteiger partial charge >= 0.3 is 18.9 Å². The Morgan fingerprint density at radius 3 is 1.86 bits per heavy atom. The molecule has 7 heavy (non-hydrogen) atoms. The van der Waals surface area contributed by atoms with Gasteiger partial charge in [0.15, 0.2) is 0 Å². The fourth-order valence-corrected chi connectivity index (χ4v) is 0. The van der Waals surface area contributed by atoms with Crippen LogP contribution in [-0.4, -0.2) is 14.5 Å². The molecule has 0 aliphatic heterocycles. The molecule has 0 N–H and O–H groups in total. The average molecular weight is 123 g/mol. The van der Waals surface area contributed by atoms with Crippen LogP contribution in [0.1, 0.15) is 1.43 Å². The van der Waals surface area contributed by atoms with E-state index in [0.717, 1.165) is 0 Å². The van der Waals surface area contributed by atoms with Gasteiger partial charge in [-0.3, -0.25) is 4.21 Å². The Labute approximate surface area is 55.2 Å². The van der Waals surface area contributed by atoms with E-state index >= 15 is 0 Å². The summed E-state index contributed by atoms with van der Waals surface area (Å²) < 4.78 is 39.0. The zero-order chi connectivity index (χ0) is 5.15. The molecule has 40 valence electrons. The zero-order valence-electron chi connectivity index (χ0n) is 4.56. The van der Waals surface area contributed by atoms with E-state index in [4.69, 9.17) is 8.76 Å². The van der Waals surface area contributed by atoms with Crippen LogP contribution >= 0.6 is 0 Å². The first-order valence-corrected chi connectivity index (χ1v) is 2.14. The minimum atomic E-state index is -3.23. The van der Waals surface area contributed by atoms with Crippen LogP contribution in [0.15, 0.2) is 0 Å². The van der Waals surface area contributed by atoms with Crippen LogP contribution in [0, 0.1) is 0 Å². The molecule has 0 bridgehead atoms. The van der Waals surface area contributed by atoms with Crippen LogP contribution in [0.3, 0.4) is 0 Å². The van der Waals surface area contributed by atoms with Gasteiger partial charge in [0.25, 0.3) is 5.76 Å². The first kappa shape index (κ1) is 10.5. The van der Waals surface area contributed by atoms with Gasteiger partial charge in [0, 0.05) is 11.1 Å². The third-order valence-electron chi connectivity index (χ3n) is 0.145. The van der Waals surface area contributed by atoms with Crippen molar-refractivity contribution in [3.05, 3.63) is 0 Å². The van der Waals surface area contributed by atoms with Gasteiger partial charge in [-0.1, -0.05) is 0 Å². The van der Waals surface area contributed by atoms with E-state index in [2.05, 4.69) is 0 Å². The van der Waals surface area contributed by atoms with Crippen molar-refractivity contribution in [3.63, 3.8) is 0 Å². The van der Waals surface area contributed by atoms with E-state index in [1.54, 1.807) is 0 Å². The third kappa shape index (κ3) is 6.57. The summed E-state index contributed by atoms with van der Waals surface area (Å²) in [6.45, 7) is 0. The first-order chi connectivity index (χ1) is 2.64. The summed E-state index contributed by atoms with van der Waals surface area (Å²) in [5.41, 5.74) is 0. The third-order valence-corrected chi connectivity index (χ3v) is 0.436. The van der Waals surface area contributed by atoms with E-state index in [1.165, 1.54) is 0 Å². The summed E-state index contributed by atoms with van der Waals surface area (Å²) in [6.07, 6.45) is 0. The maximum atomic E-state index is 10.5. The standard InChI is InChI=1S/CH2F2O2S.Li.H/c2-1(3)6(4)5;;/h1H,(H,4,5);;/q;+1;-1/p-1. The summed E-state index contributed by atoms with van der Waals surface area (Å²) in [4.78, 5) is 0. The molecule has 0 saturated carbocycles. The van der Waals surface area contributed by atoms with Gasteiger partial charge in [0.2, 0.25) is 0 Å². The summed E-state index contributed by atoms with van der Waals surface area (Å²) in [7, 11) is 0. The summed E-state index contributed by atoms with van der Waals surface area (Å²) in [5, 5.41) is 0. The molecule has 0 aromatic rings. The molecule has 0 aliphatic carbocycles. The topological polar surface area (TPSA) is 40.1 Å². The SMILES string of the molecule is O=S([O-])C(F)F.[H-].[Li+]. The van der Waals surface area contributed by atoms with Crippen molar-refractivity contribution in [2.45, 2.75) is 5.76 Å². The molecule has 0 aliphatic rings. The molecule has 0 aromatic carbocycles. The van der Waals surface area contributed by atoms with Crippen molar-refractivity contribution >= 4 is 11.1 Å². The van der Waals surface area contributed by atoms with Gasteiger partial charge in [0.1, 0.15) is 0 Å². The normalized spacial score (nSPS) is 13.1. The van der Waals surface area contributed by atoms with Crippen molar-refractivity contribution in [2.24, 2.45) is 0 Å². The van der Waals surface area contributed by atoms with Crippen molar-refractivity contribution in [2.75, 3.05) is 0 Å². The zero-order valence-corrected chi connectivity index (χ0v) is 4.37. The smallest absolute Gasteiger partial charge is 1.00 e. The fourth-order valence-electron chi connectivity index (χ4n) is 0. The van der Waals surface area contributed by atoms with E-state index in [9.17, 15) is 8.78 Å². The van der Waals surface area contributed by atoms with Gasteiger partial charge in [-0.15, -0.1) is 0 Å². The van der Waals surface area contributed by atoms with Crippen LogP contribution in [0.5, 0.6) is 0 Å². The summed E-state index contributed by atoms with van der Waals surface area (Å²) >= 11 is -3.20. The monoisotopic (exact) mass is 123 g/mol. The van der Waals surface area contributed by atoms with Crippen molar-refractivity contribution in [1.29, 1.82) is 0 Å². The molecule has 0 fully saturated rings. The Hall–Kier alpha value is 0.567. The molecule has 0 rings (SSSR count). The predicted molar refractivity (Wildman–Crippen MR) is 16.0 cm³/mol. The van der Waals surface area contributed by atoms with E-state index in [-0.39, 0.29) is 20.3 Å². The number of rotatable bonds is 1. The molecular formula is CH2F2LiO2S-. The molecule has 0 heterocycles. The van der Waals surface area contributed by atoms with E-state index in [0.29, 0.717) is 0 Å². The maximum absolute atomic E-state index is 10.5. The minimum Gasteiger partial charge on any atom is -1.00 e. The number of hydrogen-bond acceptors (Lipinski definition) is 2. The van der Waals surface area contributed by atoms with Crippen molar-refractivity contribution in [1.82, 2.24) is 0 Å². The summed E-state index contributed by atoms with van der Waals surface area (Å²) in [6, 6.07) is 0. The van der Waals surface area contributed by atoms with Gasteiger partial charge in [-0.25, -0.2) is 0 Å². The van der Waals surface area contributed by atoms with Gasteiger partial charge in [0.05, 0.1) is 0 Å². The molecule has 0 amide bonds. The molecule has 0 spiro atoms. The molecule has 2 nitrogen and oxygen atoms in total. The Morgan fingerprint density at radius 2 is 1.86 bits per heavy atom. The van der Waals surface area contributed by atoms with Crippen LogP contribution in [0.2, 0.25) is 0 Å². The molecule has 1 atom stereocenters.